The second-order valence-corrected chi connectivity index (χ2v) is 8.31. The first-order valence-electron chi connectivity index (χ1n) is 11.4. The molecular formula is C25H30FN5O2. The van der Waals surface area contributed by atoms with Gasteiger partial charge in [-0.05, 0) is 37.6 Å². The Morgan fingerprint density at radius 3 is 2.45 bits per heavy atom. The highest BCUT2D eigenvalue weighted by Gasteiger charge is 2.42. The average Bonchev–Trinajstić information content (AvgIpc) is 3.34. The second kappa shape index (κ2) is 9.70. The number of likely N-dealkylation sites (N-methyl/N-ethyl adjacent to an activating group) is 1. The van der Waals surface area contributed by atoms with E-state index in [-0.39, 0.29) is 11.7 Å². The van der Waals surface area contributed by atoms with Gasteiger partial charge in [0, 0.05) is 44.7 Å². The number of anilines is 1. The van der Waals surface area contributed by atoms with Crippen molar-refractivity contribution in [1.82, 2.24) is 20.4 Å². The molecule has 1 fully saturated rings. The number of benzene rings is 2. The highest BCUT2D eigenvalue weighted by atomic mass is 19.1. The minimum Gasteiger partial charge on any atom is -0.367 e. The minimum atomic E-state index is -0.791. The number of hydrogen-bond acceptors (Lipinski definition) is 6. The van der Waals surface area contributed by atoms with Gasteiger partial charge in [0.2, 0.25) is 5.91 Å². The maximum atomic E-state index is 15.0. The standard InChI is InChI=1S/C25H30FN5O2/c1-4-22-28-23(33-29-22)18-11-12-21(20(26)17-18)30-13-15-31(16-14-30)25(3,24(32)27-5-2)19-9-7-6-8-10-19/h6-12,17H,4-5,13-16H2,1-3H3,(H,27,32). The molecule has 0 bridgehead atoms. The fourth-order valence-corrected chi connectivity index (χ4v) is 4.36. The fraction of sp³-hybridized carbons (Fsp3) is 0.400. The second-order valence-electron chi connectivity index (χ2n) is 8.31. The van der Waals surface area contributed by atoms with Gasteiger partial charge in [0.15, 0.2) is 5.82 Å². The summed E-state index contributed by atoms with van der Waals surface area (Å²) in [5.41, 5.74) is 1.26. The Morgan fingerprint density at radius 2 is 1.85 bits per heavy atom. The number of halogens is 1. The van der Waals surface area contributed by atoms with Gasteiger partial charge in [-0.1, -0.05) is 42.4 Å². The minimum absolute atomic E-state index is 0.0220. The van der Waals surface area contributed by atoms with E-state index in [2.05, 4.69) is 20.4 Å². The van der Waals surface area contributed by atoms with Crippen LogP contribution in [0.15, 0.2) is 53.1 Å². The monoisotopic (exact) mass is 451 g/mol. The van der Waals surface area contributed by atoms with Crippen LogP contribution < -0.4 is 10.2 Å². The molecule has 1 saturated heterocycles. The predicted octanol–water partition coefficient (Wildman–Crippen LogP) is 3.61. The molecule has 1 atom stereocenters. The Balaban J connectivity index is 1.51. The molecule has 4 rings (SSSR count). The molecule has 1 unspecified atom stereocenters. The van der Waals surface area contributed by atoms with Crippen molar-refractivity contribution in [2.75, 3.05) is 37.6 Å². The average molecular weight is 452 g/mol. The molecule has 33 heavy (non-hydrogen) atoms. The van der Waals surface area contributed by atoms with E-state index in [0.717, 1.165) is 5.56 Å². The predicted molar refractivity (Wildman–Crippen MR) is 125 cm³/mol. The third-order valence-corrected chi connectivity index (χ3v) is 6.35. The largest absolute Gasteiger partial charge is 0.367 e. The van der Waals surface area contributed by atoms with Crippen LogP contribution in [0.4, 0.5) is 10.1 Å². The van der Waals surface area contributed by atoms with Crippen LogP contribution >= 0.6 is 0 Å². The molecule has 0 saturated carbocycles. The Labute approximate surface area is 193 Å². The number of carbonyl (C=O) groups excluding carboxylic acids is 1. The van der Waals surface area contributed by atoms with Gasteiger partial charge < -0.3 is 14.7 Å². The molecule has 174 valence electrons. The Kier molecular flexibility index (Phi) is 6.74. The summed E-state index contributed by atoms with van der Waals surface area (Å²) in [6.07, 6.45) is 0.659. The summed E-state index contributed by atoms with van der Waals surface area (Å²) in [6, 6.07) is 14.8. The first kappa shape index (κ1) is 22.9. The molecule has 0 spiro atoms. The number of amides is 1. The molecule has 1 N–H and O–H groups in total. The SMILES string of the molecule is CCNC(=O)C(C)(c1ccccc1)N1CCN(c2ccc(-c3nc(CC)no3)cc2F)CC1. The van der Waals surface area contributed by atoms with E-state index >= 15 is 4.39 Å². The van der Waals surface area contributed by atoms with Gasteiger partial charge in [-0.25, -0.2) is 4.39 Å². The molecule has 0 radical (unpaired) electrons. The number of nitrogens with one attached hydrogen (secondary N) is 1. The summed E-state index contributed by atoms with van der Waals surface area (Å²) in [5.74, 6) is 0.569. The van der Waals surface area contributed by atoms with E-state index in [9.17, 15) is 4.79 Å². The normalized spacial score (nSPS) is 16.4. The highest BCUT2D eigenvalue weighted by Crippen LogP contribution is 2.32. The van der Waals surface area contributed by atoms with Crippen LogP contribution in [0.5, 0.6) is 0 Å². The summed E-state index contributed by atoms with van der Waals surface area (Å²) >= 11 is 0. The zero-order valence-electron chi connectivity index (χ0n) is 19.3. The fourth-order valence-electron chi connectivity index (χ4n) is 4.36. The van der Waals surface area contributed by atoms with Gasteiger partial charge >= 0.3 is 0 Å². The highest BCUT2D eigenvalue weighted by molar-refractivity contribution is 5.87. The van der Waals surface area contributed by atoms with Crippen molar-refractivity contribution in [1.29, 1.82) is 0 Å². The summed E-state index contributed by atoms with van der Waals surface area (Å²) in [5, 5.41) is 6.87. The molecule has 1 aromatic heterocycles. The zero-order valence-corrected chi connectivity index (χ0v) is 19.3. The summed E-state index contributed by atoms with van der Waals surface area (Å²) in [4.78, 5) is 21.6. The van der Waals surface area contributed by atoms with Crippen LogP contribution in [-0.4, -0.2) is 53.7 Å². The van der Waals surface area contributed by atoms with E-state index in [4.69, 9.17) is 4.52 Å². The summed E-state index contributed by atoms with van der Waals surface area (Å²) in [6.45, 7) is 8.88. The molecular weight excluding hydrogens is 421 g/mol. The lowest BCUT2D eigenvalue weighted by atomic mass is 9.88. The van der Waals surface area contributed by atoms with E-state index in [1.165, 1.54) is 6.07 Å². The lowest BCUT2D eigenvalue weighted by molar-refractivity contribution is -0.133. The van der Waals surface area contributed by atoms with Crippen molar-refractivity contribution in [3.8, 4) is 11.5 Å². The van der Waals surface area contributed by atoms with Gasteiger partial charge in [0.05, 0.1) is 5.69 Å². The molecule has 2 aromatic carbocycles. The van der Waals surface area contributed by atoms with Crippen molar-refractivity contribution < 1.29 is 13.7 Å². The maximum absolute atomic E-state index is 15.0. The quantitative estimate of drug-likeness (QED) is 0.592. The van der Waals surface area contributed by atoms with Crippen LogP contribution in [0.25, 0.3) is 11.5 Å². The molecule has 8 heteroatoms. The van der Waals surface area contributed by atoms with E-state index in [0.29, 0.717) is 62.1 Å². The molecule has 1 aliphatic heterocycles. The van der Waals surface area contributed by atoms with Crippen molar-refractivity contribution in [2.45, 2.75) is 32.7 Å². The topological polar surface area (TPSA) is 74.5 Å². The lowest BCUT2D eigenvalue weighted by Gasteiger charge is -2.45. The smallest absolute Gasteiger partial charge is 0.258 e. The zero-order chi connectivity index (χ0) is 23.4. The van der Waals surface area contributed by atoms with E-state index in [1.54, 1.807) is 12.1 Å². The molecule has 2 heterocycles. The van der Waals surface area contributed by atoms with Crippen LogP contribution in [0, 0.1) is 5.82 Å². The summed E-state index contributed by atoms with van der Waals surface area (Å²) < 4.78 is 20.3. The van der Waals surface area contributed by atoms with Crippen LogP contribution in [0.3, 0.4) is 0 Å². The number of nitrogens with zero attached hydrogens (tertiary/aromatic N) is 4. The van der Waals surface area contributed by atoms with Gasteiger partial charge in [0.25, 0.3) is 5.89 Å². The van der Waals surface area contributed by atoms with E-state index < -0.39 is 5.54 Å². The molecule has 0 aliphatic carbocycles. The number of hydrogen-bond donors (Lipinski definition) is 1. The first-order chi connectivity index (χ1) is 16.0. The molecule has 1 amide bonds. The number of aromatic nitrogens is 2. The van der Waals surface area contributed by atoms with Crippen molar-refractivity contribution in [2.24, 2.45) is 0 Å². The van der Waals surface area contributed by atoms with Crippen molar-refractivity contribution in [3.05, 3.63) is 65.7 Å². The van der Waals surface area contributed by atoms with Gasteiger partial charge in [-0.3, -0.25) is 9.69 Å². The molecule has 7 nitrogen and oxygen atoms in total. The Bertz CT molecular complexity index is 1100. The molecule has 1 aliphatic rings. The first-order valence-corrected chi connectivity index (χ1v) is 11.4. The lowest BCUT2D eigenvalue weighted by Crippen LogP contribution is -2.60. The van der Waals surface area contributed by atoms with E-state index in [1.807, 2.05) is 56.0 Å². The maximum Gasteiger partial charge on any atom is 0.258 e. The van der Waals surface area contributed by atoms with Crippen molar-refractivity contribution >= 4 is 11.6 Å². The van der Waals surface area contributed by atoms with Crippen LogP contribution in [0.1, 0.15) is 32.2 Å². The van der Waals surface area contributed by atoms with Crippen LogP contribution in [-0.2, 0) is 16.8 Å². The third kappa shape index (κ3) is 4.48. The number of rotatable bonds is 7. The van der Waals surface area contributed by atoms with Gasteiger partial charge in [-0.2, -0.15) is 4.98 Å². The third-order valence-electron chi connectivity index (χ3n) is 6.35. The van der Waals surface area contributed by atoms with Gasteiger partial charge in [0.1, 0.15) is 11.4 Å². The number of aryl methyl sites for hydroxylation is 1. The van der Waals surface area contributed by atoms with Crippen LogP contribution in [0.2, 0.25) is 0 Å². The number of piperazine rings is 1. The Morgan fingerprint density at radius 1 is 1.12 bits per heavy atom. The Hall–Kier alpha value is -3.26. The molecule has 3 aromatic rings. The van der Waals surface area contributed by atoms with Crippen molar-refractivity contribution in [3.63, 3.8) is 0 Å². The summed E-state index contributed by atoms with van der Waals surface area (Å²) in [7, 11) is 0. The van der Waals surface area contributed by atoms with Gasteiger partial charge in [-0.15, -0.1) is 0 Å². The number of carbonyl (C=O) groups is 1.